The Kier molecular flexibility index (Phi) is 6.32. The second-order valence-electron chi connectivity index (χ2n) is 10.1. The summed E-state index contributed by atoms with van der Waals surface area (Å²) in [5.74, 6) is -2.76. The molecule has 6 atom stereocenters. The maximum atomic E-state index is 13.4. The van der Waals surface area contributed by atoms with Crippen LogP contribution in [0.15, 0.2) is 112 Å². The number of carbonyl (C=O) groups is 3. The van der Waals surface area contributed by atoms with Gasteiger partial charge in [0.25, 0.3) is 0 Å². The highest BCUT2D eigenvalue weighted by Crippen LogP contribution is 2.59. The van der Waals surface area contributed by atoms with Crippen LogP contribution in [0.3, 0.4) is 0 Å². The summed E-state index contributed by atoms with van der Waals surface area (Å²) in [6.45, 7) is 5.20. The Bertz CT molecular complexity index is 1350. The van der Waals surface area contributed by atoms with Gasteiger partial charge < -0.3 is 14.2 Å². The number of hydrogen-bond donors (Lipinski definition) is 1. The summed E-state index contributed by atoms with van der Waals surface area (Å²) in [5, 5.41) is 0. The molecule has 7 heteroatoms. The van der Waals surface area contributed by atoms with Crippen molar-refractivity contribution in [3.05, 3.63) is 97.1 Å². The molecule has 6 unspecified atom stereocenters. The maximum Gasteiger partial charge on any atom is 0.333 e. The lowest BCUT2D eigenvalue weighted by atomic mass is 9.78. The largest absolute Gasteiger partial charge is 0.458 e. The minimum Gasteiger partial charge on any atom is -0.458 e. The summed E-state index contributed by atoms with van der Waals surface area (Å²) in [6.07, 6.45) is -0.571. The summed E-state index contributed by atoms with van der Waals surface area (Å²) in [6, 6.07) is 28.3. The number of fused-ring (bicyclic) bond motifs is 1. The van der Waals surface area contributed by atoms with Gasteiger partial charge in [0.2, 0.25) is 0 Å². The third kappa shape index (κ3) is 4.21. The van der Waals surface area contributed by atoms with Crippen LogP contribution >= 0.6 is 10.9 Å². The standard InChI is InChI=1S/C31H28O6S/c1-18(2)29(32)36-27-23-17-24-26(31(34)37-28(24)27)25(23)30(33)35-19-13-15-22(16-14-19)38(20-9-5-3-6-10-20)21-11-7-4-8-12-21/h3-16,23-28,38H,1,17H2,2H3. The van der Waals surface area contributed by atoms with E-state index in [1.165, 1.54) is 9.79 Å². The van der Waals surface area contributed by atoms with E-state index in [0.29, 0.717) is 12.2 Å². The third-order valence-corrected chi connectivity index (χ3v) is 10.2. The van der Waals surface area contributed by atoms with E-state index in [1.807, 2.05) is 48.5 Å². The lowest BCUT2D eigenvalue weighted by molar-refractivity contribution is -0.160. The van der Waals surface area contributed by atoms with Crippen LogP contribution in [-0.2, 0) is 23.9 Å². The van der Waals surface area contributed by atoms with Crippen molar-refractivity contribution in [3.8, 4) is 5.75 Å². The van der Waals surface area contributed by atoms with Crippen LogP contribution in [0, 0.1) is 23.7 Å². The summed E-state index contributed by atoms with van der Waals surface area (Å²) in [7, 11) is -0.779. The quantitative estimate of drug-likeness (QED) is 0.192. The smallest absolute Gasteiger partial charge is 0.333 e. The molecule has 2 aliphatic carbocycles. The van der Waals surface area contributed by atoms with Gasteiger partial charge in [0.05, 0.1) is 11.8 Å². The zero-order chi connectivity index (χ0) is 26.4. The van der Waals surface area contributed by atoms with E-state index in [1.54, 1.807) is 19.1 Å². The number of benzene rings is 3. The van der Waals surface area contributed by atoms with E-state index in [4.69, 9.17) is 14.2 Å². The Morgan fingerprint density at radius 1 is 0.868 bits per heavy atom. The van der Waals surface area contributed by atoms with Crippen LogP contribution in [0.25, 0.3) is 0 Å². The van der Waals surface area contributed by atoms with Crippen molar-refractivity contribution in [1.82, 2.24) is 0 Å². The van der Waals surface area contributed by atoms with Crippen molar-refractivity contribution < 1.29 is 28.6 Å². The van der Waals surface area contributed by atoms with E-state index in [0.717, 1.165) is 4.90 Å². The molecular formula is C31H28O6S. The van der Waals surface area contributed by atoms with Gasteiger partial charge in [0.1, 0.15) is 18.0 Å². The second-order valence-corrected chi connectivity index (χ2v) is 12.3. The Morgan fingerprint density at radius 2 is 1.45 bits per heavy atom. The highest BCUT2D eigenvalue weighted by Gasteiger charge is 2.70. The molecular weight excluding hydrogens is 500 g/mol. The number of thiol groups is 1. The van der Waals surface area contributed by atoms with Crippen molar-refractivity contribution in [1.29, 1.82) is 0 Å². The first-order valence-corrected chi connectivity index (χ1v) is 14.1. The van der Waals surface area contributed by atoms with Crippen LogP contribution in [0.1, 0.15) is 13.3 Å². The Labute approximate surface area is 223 Å². The van der Waals surface area contributed by atoms with Gasteiger partial charge in [-0.05, 0) is 76.6 Å². The van der Waals surface area contributed by atoms with Crippen molar-refractivity contribution in [2.45, 2.75) is 40.2 Å². The Balaban J connectivity index is 1.22. The van der Waals surface area contributed by atoms with Gasteiger partial charge in [-0.3, -0.25) is 9.59 Å². The molecule has 0 spiro atoms. The average molecular weight is 529 g/mol. The monoisotopic (exact) mass is 528 g/mol. The van der Waals surface area contributed by atoms with Crippen LogP contribution in [0.5, 0.6) is 5.75 Å². The SMILES string of the molecule is C=C(C)C(=O)OC1C2CC3C1OC(=O)C3C2C(=O)Oc1ccc([SH](c2ccccc2)c2ccccc2)cc1. The molecule has 6 nitrogen and oxygen atoms in total. The van der Waals surface area contributed by atoms with Crippen LogP contribution in [0.4, 0.5) is 0 Å². The normalized spacial score (nSPS) is 27.0. The highest BCUT2D eigenvalue weighted by atomic mass is 32.2. The molecule has 6 rings (SSSR count). The van der Waals surface area contributed by atoms with Gasteiger partial charge in [0, 0.05) is 17.4 Å². The summed E-state index contributed by atoms with van der Waals surface area (Å²) in [4.78, 5) is 41.8. The minimum absolute atomic E-state index is 0.143. The molecule has 194 valence electrons. The summed E-state index contributed by atoms with van der Waals surface area (Å²) >= 11 is 0. The van der Waals surface area contributed by atoms with Crippen LogP contribution < -0.4 is 4.74 Å². The van der Waals surface area contributed by atoms with Gasteiger partial charge in [-0.15, -0.1) is 0 Å². The molecule has 2 bridgehead atoms. The highest BCUT2D eigenvalue weighted by molar-refractivity contribution is 8.17. The topological polar surface area (TPSA) is 78.9 Å². The maximum absolute atomic E-state index is 13.4. The first-order valence-electron chi connectivity index (χ1n) is 12.7. The summed E-state index contributed by atoms with van der Waals surface area (Å²) < 4.78 is 17.0. The van der Waals surface area contributed by atoms with Crippen molar-refractivity contribution in [2.24, 2.45) is 23.7 Å². The van der Waals surface area contributed by atoms with Crippen LogP contribution in [-0.4, -0.2) is 30.1 Å². The first kappa shape index (κ1) is 24.5. The van der Waals surface area contributed by atoms with Crippen molar-refractivity contribution >= 4 is 28.8 Å². The number of ether oxygens (including phenoxy) is 3. The van der Waals surface area contributed by atoms with E-state index >= 15 is 0 Å². The van der Waals surface area contributed by atoms with Crippen molar-refractivity contribution in [2.75, 3.05) is 0 Å². The molecule has 1 saturated heterocycles. The molecule has 0 N–H and O–H groups in total. The summed E-state index contributed by atoms with van der Waals surface area (Å²) in [5.41, 5.74) is 0.263. The first-order chi connectivity index (χ1) is 18.4. The van der Waals surface area contributed by atoms with Gasteiger partial charge in [-0.1, -0.05) is 43.0 Å². The average Bonchev–Trinajstić information content (AvgIpc) is 3.55. The second kappa shape index (κ2) is 9.80. The van der Waals surface area contributed by atoms with Crippen molar-refractivity contribution in [3.63, 3.8) is 0 Å². The van der Waals surface area contributed by atoms with E-state index in [-0.39, 0.29) is 17.4 Å². The fourth-order valence-corrected chi connectivity index (χ4v) is 8.42. The minimum atomic E-state index is -0.779. The predicted molar refractivity (Wildman–Crippen MR) is 142 cm³/mol. The Morgan fingerprint density at radius 3 is 2.03 bits per heavy atom. The fraction of sp³-hybridized carbons (Fsp3) is 0.258. The fourth-order valence-electron chi connectivity index (χ4n) is 6.14. The molecule has 3 aromatic carbocycles. The van der Waals surface area contributed by atoms with Gasteiger partial charge in [0.15, 0.2) is 0 Å². The molecule has 3 aliphatic rings. The predicted octanol–water partition coefficient (Wildman–Crippen LogP) is 5.37. The molecule has 1 heterocycles. The van der Waals surface area contributed by atoms with E-state index in [9.17, 15) is 14.4 Å². The third-order valence-electron chi connectivity index (χ3n) is 7.75. The Hall–Kier alpha value is -3.84. The molecule has 0 amide bonds. The molecule has 0 radical (unpaired) electrons. The molecule has 2 saturated carbocycles. The molecule has 3 aromatic rings. The number of esters is 3. The van der Waals surface area contributed by atoms with Gasteiger partial charge in [-0.2, -0.15) is 10.9 Å². The van der Waals surface area contributed by atoms with E-state index < -0.39 is 52.8 Å². The molecule has 0 aromatic heterocycles. The van der Waals surface area contributed by atoms with E-state index in [2.05, 4.69) is 30.8 Å². The number of hydrogen-bond acceptors (Lipinski definition) is 6. The molecule has 38 heavy (non-hydrogen) atoms. The lowest BCUT2D eigenvalue weighted by Gasteiger charge is -2.30. The zero-order valence-corrected chi connectivity index (χ0v) is 21.8. The molecule has 3 fully saturated rings. The number of carbonyl (C=O) groups excluding carboxylic acids is 3. The lowest BCUT2D eigenvalue weighted by Crippen LogP contribution is -2.44. The van der Waals surface area contributed by atoms with Gasteiger partial charge in [-0.25, -0.2) is 4.79 Å². The zero-order valence-electron chi connectivity index (χ0n) is 20.9. The van der Waals surface area contributed by atoms with Gasteiger partial charge >= 0.3 is 17.9 Å². The molecule has 1 aliphatic heterocycles. The van der Waals surface area contributed by atoms with Crippen LogP contribution in [0.2, 0.25) is 0 Å². The number of rotatable bonds is 7.